The molecule has 0 saturated carbocycles. The van der Waals surface area contributed by atoms with Crippen LogP contribution < -0.4 is 10.6 Å². The van der Waals surface area contributed by atoms with Crippen LogP contribution in [0.4, 0.5) is 15.3 Å². The first-order valence-corrected chi connectivity index (χ1v) is 10.3. The molecular formula is C22H32N2O4. The van der Waals surface area contributed by atoms with E-state index in [0.29, 0.717) is 13.2 Å². The number of hydrogen-bond acceptors (Lipinski definition) is 4. The predicted octanol–water partition coefficient (Wildman–Crippen LogP) is 5.41. The van der Waals surface area contributed by atoms with Gasteiger partial charge in [-0.1, -0.05) is 37.1 Å². The van der Waals surface area contributed by atoms with Gasteiger partial charge in [-0.25, -0.2) is 9.59 Å². The average Bonchev–Trinajstić information content (AvgIpc) is 2.66. The first-order valence-electron chi connectivity index (χ1n) is 10.3. The largest absolute Gasteiger partial charge is 0.449 e. The molecule has 28 heavy (non-hydrogen) atoms. The van der Waals surface area contributed by atoms with Gasteiger partial charge in [0.25, 0.3) is 0 Å². The molecule has 1 aliphatic rings. The Labute approximate surface area is 167 Å². The van der Waals surface area contributed by atoms with Crippen molar-refractivity contribution in [2.24, 2.45) is 0 Å². The lowest BCUT2D eigenvalue weighted by molar-refractivity contribution is 0.113. The number of rotatable bonds is 9. The lowest BCUT2D eigenvalue weighted by atomic mass is 10.0. The van der Waals surface area contributed by atoms with Gasteiger partial charge in [0.15, 0.2) is 0 Å². The van der Waals surface area contributed by atoms with E-state index in [1.54, 1.807) is 0 Å². The number of allylic oxidation sites excluding steroid dienone is 1. The Kier molecular flexibility index (Phi) is 10.6. The summed E-state index contributed by atoms with van der Waals surface area (Å²) in [5.41, 5.74) is 0.723. The second-order valence-electron chi connectivity index (χ2n) is 6.98. The summed E-state index contributed by atoms with van der Waals surface area (Å²) >= 11 is 0. The molecule has 0 heterocycles. The summed E-state index contributed by atoms with van der Waals surface area (Å²) in [6.07, 6.45) is 12.3. The van der Waals surface area contributed by atoms with E-state index < -0.39 is 6.09 Å². The van der Waals surface area contributed by atoms with Gasteiger partial charge in [-0.2, -0.15) is 0 Å². The highest BCUT2D eigenvalue weighted by atomic mass is 16.6. The monoisotopic (exact) mass is 388 g/mol. The number of nitrogens with one attached hydrogen (secondary N) is 2. The molecule has 0 aromatic heterocycles. The third-order valence-corrected chi connectivity index (χ3v) is 4.56. The maximum atomic E-state index is 11.8. The van der Waals surface area contributed by atoms with E-state index in [9.17, 15) is 9.59 Å². The molecule has 154 valence electrons. The third kappa shape index (κ3) is 10.00. The number of carbonyl (C=O) groups excluding carboxylic acids is 2. The van der Waals surface area contributed by atoms with Crippen LogP contribution in [0.5, 0.6) is 0 Å². The van der Waals surface area contributed by atoms with Gasteiger partial charge in [0.05, 0.1) is 6.61 Å². The lowest BCUT2D eigenvalue weighted by Crippen LogP contribution is -2.29. The molecule has 0 bridgehead atoms. The number of amides is 2. The van der Waals surface area contributed by atoms with Crippen molar-refractivity contribution in [3.8, 4) is 0 Å². The molecule has 0 radical (unpaired) electrons. The van der Waals surface area contributed by atoms with Gasteiger partial charge in [-0.05, 0) is 63.2 Å². The second-order valence-corrected chi connectivity index (χ2v) is 6.98. The van der Waals surface area contributed by atoms with Gasteiger partial charge in [0.2, 0.25) is 0 Å². The Bertz CT molecular complexity index is 604. The molecular weight excluding hydrogens is 356 g/mol. The third-order valence-electron chi connectivity index (χ3n) is 4.56. The first kappa shape index (κ1) is 21.8. The Morgan fingerprint density at radius 3 is 2.64 bits per heavy atom. The molecule has 1 aliphatic carbocycles. The van der Waals surface area contributed by atoms with Gasteiger partial charge >= 0.3 is 12.2 Å². The number of benzene rings is 1. The fraction of sp³-hybridized carbons (Fsp3) is 0.545. The van der Waals surface area contributed by atoms with Crippen molar-refractivity contribution in [2.75, 3.05) is 18.5 Å². The molecule has 0 fully saturated rings. The molecule has 0 spiro atoms. The first-order chi connectivity index (χ1) is 13.7. The molecule has 2 rings (SSSR count). The standard InChI is InChI=1S/C22H32N2O4/c25-21(28-20-15-9-2-1-3-10-16-20)23-17-11-4-5-12-18-27-22(26)24-19-13-7-6-8-14-19/h6-9,13-15,20H,1-5,10-12,16-18H2,(H,23,25)(H,24,26)/b15-9+. The molecule has 6 heteroatoms. The fourth-order valence-electron chi connectivity index (χ4n) is 3.02. The van der Waals surface area contributed by atoms with Crippen LogP contribution in [0.2, 0.25) is 0 Å². The van der Waals surface area contributed by atoms with Gasteiger partial charge in [0.1, 0.15) is 6.10 Å². The van der Waals surface area contributed by atoms with Crippen molar-refractivity contribution in [3.05, 3.63) is 42.5 Å². The van der Waals surface area contributed by atoms with Gasteiger partial charge in [-0.3, -0.25) is 5.32 Å². The summed E-state index contributed by atoms with van der Waals surface area (Å²) in [4.78, 5) is 23.5. The van der Waals surface area contributed by atoms with Crippen LogP contribution in [0, 0.1) is 0 Å². The Hall–Kier alpha value is -2.50. The summed E-state index contributed by atoms with van der Waals surface area (Å²) in [6.45, 7) is 0.993. The molecule has 2 N–H and O–H groups in total. The predicted molar refractivity (Wildman–Crippen MR) is 110 cm³/mol. The zero-order valence-electron chi connectivity index (χ0n) is 16.5. The van der Waals surface area contributed by atoms with Gasteiger partial charge < -0.3 is 14.8 Å². The summed E-state index contributed by atoms with van der Waals surface area (Å²) in [5, 5.41) is 5.49. The molecule has 0 saturated heterocycles. The fourth-order valence-corrected chi connectivity index (χ4v) is 3.02. The highest BCUT2D eigenvalue weighted by Crippen LogP contribution is 2.14. The van der Waals surface area contributed by atoms with Crippen molar-refractivity contribution in [3.63, 3.8) is 0 Å². The number of anilines is 1. The summed E-state index contributed by atoms with van der Waals surface area (Å²) < 4.78 is 10.6. The number of hydrogen-bond donors (Lipinski definition) is 2. The number of para-hydroxylation sites is 1. The van der Waals surface area contributed by atoms with Crippen LogP contribution in [-0.4, -0.2) is 31.4 Å². The maximum absolute atomic E-state index is 11.8. The van der Waals surface area contributed by atoms with E-state index in [0.717, 1.165) is 50.6 Å². The van der Waals surface area contributed by atoms with E-state index in [1.165, 1.54) is 12.8 Å². The molecule has 2 amide bonds. The minimum absolute atomic E-state index is 0.0977. The van der Waals surface area contributed by atoms with Crippen LogP contribution in [0.1, 0.15) is 57.8 Å². The van der Waals surface area contributed by atoms with E-state index in [1.807, 2.05) is 36.4 Å². The van der Waals surface area contributed by atoms with Crippen LogP contribution in [0.3, 0.4) is 0 Å². The smallest absolute Gasteiger partial charge is 0.411 e. The van der Waals surface area contributed by atoms with Crippen LogP contribution in [0.15, 0.2) is 42.5 Å². The van der Waals surface area contributed by atoms with Crippen LogP contribution in [-0.2, 0) is 9.47 Å². The zero-order valence-corrected chi connectivity index (χ0v) is 16.5. The van der Waals surface area contributed by atoms with Crippen LogP contribution in [0.25, 0.3) is 0 Å². The topological polar surface area (TPSA) is 76.7 Å². The van der Waals surface area contributed by atoms with E-state index >= 15 is 0 Å². The highest BCUT2D eigenvalue weighted by Gasteiger charge is 2.12. The molecule has 0 aliphatic heterocycles. The molecule has 6 nitrogen and oxygen atoms in total. The van der Waals surface area contributed by atoms with E-state index in [4.69, 9.17) is 9.47 Å². The minimum Gasteiger partial charge on any atom is -0.449 e. The van der Waals surface area contributed by atoms with Gasteiger partial charge in [-0.15, -0.1) is 0 Å². The van der Waals surface area contributed by atoms with Crippen molar-refractivity contribution in [1.82, 2.24) is 5.32 Å². The quantitative estimate of drug-likeness (QED) is 0.438. The normalized spacial score (nSPS) is 17.6. The second kappa shape index (κ2) is 13.6. The van der Waals surface area contributed by atoms with E-state index in [2.05, 4.69) is 16.7 Å². The Morgan fingerprint density at radius 1 is 0.964 bits per heavy atom. The highest BCUT2D eigenvalue weighted by molar-refractivity contribution is 5.84. The molecule has 1 atom stereocenters. The van der Waals surface area contributed by atoms with Crippen molar-refractivity contribution < 1.29 is 19.1 Å². The summed E-state index contributed by atoms with van der Waals surface area (Å²) in [5.74, 6) is 0. The lowest BCUT2D eigenvalue weighted by Gasteiger charge is -2.16. The summed E-state index contributed by atoms with van der Waals surface area (Å²) in [6, 6.07) is 9.22. The number of unbranched alkanes of at least 4 members (excludes halogenated alkanes) is 3. The minimum atomic E-state index is -0.432. The van der Waals surface area contributed by atoms with Crippen molar-refractivity contribution in [2.45, 2.75) is 63.9 Å². The SMILES string of the molecule is O=C(Nc1ccccc1)OCCCCCCNC(=O)OC1/C=C/CCCCC1. The maximum Gasteiger partial charge on any atom is 0.411 e. The van der Waals surface area contributed by atoms with Crippen molar-refractivity contribution in [1.29, 1.82) is 0 Å². The van der Waals surface area contributed by atoms with Gasteiger partial charge in [0, 0.05) is 12.2 Å². The Morgan fingerprint density at radius 2 is 1.79 bits per heavy atom. The summed E-state index contributed by atoms with van der Waals surface area (Å²) in [7, 11) is 0. The average molecular weight is 389 g/mol. The molecule has 1 unspecified atom stereocenters. The number of carbonyl (C=O) groups is 2. The number of alkyl carbamates (subject to hydrolysis) is 1. The van der Waals surface area contributed by atoms with Crippen molar-refractivity contribution >= 4 is 17.9 Å². The number of ether oxygens (including phenoxy) is 2. The Balaban J connectivity index is 1.43. The van der Waals surface area contributed by atoms with E-state index in [-0.39, 0.29) is 12.2 Å². The van der Waals surface area contributed by atoms with Crippen LogP contribution >= 0.6 is 0 Å². The molecule has 1 aromatic carbocycles. The molecule has 1 aromatic rings. The zero-order chi connectivity index (χ0) is 19.9.